The zero-order chi connectivity index (χ0) is 13.5. The molecule has 1 aliphatic heterocycles. The Morgan fingerprint density at radius 3 is 2.56 bits per heavy atom. The summed E-state index contributed by atoms with van der Waals surface area (Å²) in [5.41, 5.74) is 1.01. The highest BCUT2D eigenvalue weighted by atomic mass is 32.2. The fourth-order valence-electron chi connectivity index (χ4n) is 1.91. The first-order chi connectivity index (χ1) is 8.54. The Hall–Kier alpha value is -0.550. The van der Waals surface area contributed by atoms with Gasteiger partial charge in [-0.1, -0.05) is 36.1 Å². The van der Waals surface area contributed by atoms with Crippen LogP contribution >= 0.6 is 24.0 Å². The van der Waals surface area contributed by atoms with Crippen LogP contribution in [0.25, 0.3) is 0 Å². The minimum absolute atomic E-state index is 0.145. The maximum atomic E-state index is 12.0. The third kappa shape index (κ3) is 4.98. The summed E-state index contributed by atoms with van der Waals surface area (Å²) in [6.45, 7) is 11.2. The van der Waals surface area contributed by atoms with E-state index >= 15 is 0 Å². The molecule has 1 heterocycles. The Balaban J connectivity index is 2.34. The van der Waals surface area contributed by atoms with Gasteiger partial charge in [0.05, 0.1) is 5.75 Å². The van der Waals surface area contributed by atoms with Gasteiger partial charge in [-0.25, -0.2) is 0 Å². The fourth-order valence-corrected chi connectivity index (χ4v) is 3.06. The predicted octanol–water partition coefficient (Wildman–Crippen LogP) is 2.52. The first-order valence-corrected chi connectivity index (χ1v) is 7.77. The van der Waals surface area contributed by atoms with Gasteiger partial charge in [-0.2, -0.15) is 0 Å². The van der Waals surface area contributed by atoms with Crippen molar-refractivity contribution in [3.63, 3.8) is 0 Å². The molecule has 0 aliphatic carbocycles. The van der Waals surface area contributed by atoms with E-state index in [-0.39, 0.29) is 5.91 Å². The second kappa shape index (κ2) is 7.79. The molecule has 1 saturated heterocycles. The van der Waals surface area contributed by atoms with E-state index in [9.17, 15) is 4.79 Å². The van der Waals surface area contributed by atoms with Gasteiger partial charge in [0.25, 0.3) is 0 Å². The van der Waals surface area contributed by atoms with Gasteiger partial charge in [-0.15, -0.1) is 0 Å². The van der Waals surface area contributed by atoms with Crippen LogP contribution in [0, 0.1) is 0 Å². The Kier molecular flexibility index (Phi) is 6.71. The van der Waals surface area contributed by atoms with Crippen molar-refractivity contribution in [2.24, 2.45) is 0 Å². The van der Waals surface area contributed by atoms with Crippen LogP contribution in [0.5, 0.6) is 0 Å². The Morgan fingerprint density at radius 2 is 2.06 bits per heavy atom. The molecule has 5 heteroatoms. The molecule has 1 fully saturated rings. The largest absolute Gasteiger partial charge is 0.358 e. The molecular formula is C13H22N2OS2. The Bertz CT molecular complexity index is 325. The zero-order valence-electron chi connectivity index (χ0n) is 11.3. The highest BCUT2D eigenvalue weighted by molar-refractivity contribution is 8.23. The van der Waals surface area contributed by atoms with E-state index in [4.69, 9.17) is 12.2 Å². The monoisotopic (exact) mass is 286 g/mol. The molecule has 0 saturated carbocycles. The van der Waals surface area contributed by atoms with Crippen molar-refractivity contribution in [3.05, 3.63) is 12.2 Å². The van der Waals surface area contributed by atoms with Crippen molar-refractivity contribution in [3.8, 4) is 0 Å². The second-order valence-corrected chi connectivity index (χ2v) is 6.22. The number of nitrogens with zero attached hydrogens (tertiary/aromatic N) is 2. The molecule has 0 atom stereocenters. The number of amides is 1. The SMILES string of the molecule is C=C(C)CN(CC)C(=O)CSC(=S)N1CCCC1. The smallest absolute Gasteiger partial charge is 0.233 e. The number of likely N-dealkylation sites (N-methyl/N-ethyl adjacent to an activating group) is 1. The van der Waals surface area contributed by atoms with Crippen molar-refractivity contribution in [1.82, 2.24) is 9.80 Å². The number of hydrogen-bond acceptors (Lipinski definition) is 3. The van der Waals surface area contributed by atoms with E-state index in [1.807, 2.05) is 18.7 Å². The molecule has 1 rings (SSSR count). The topological polar surface area (TPSA) is 23.6 Å². The summed E-state index contributed by atoms with van der Waals surface area (Å²) in [5, 5.41) is 0. The molecule has 1 aliphatic rings. The summed E-state index contributed by atoms with van der Waals surface area (Å²) in [7, 11) is 0. The molecule has 0 aromatic rings. The van der Waals surface area contributed by atoms with Gasteiger partial charge in [0, 0.05) is 26.2 Å². The van der Waals surface area contributed by atoms with Crippen LogP contribution in [0.4, 0.5) is 0 Å². The van der Waals surface area contributed by atoms with Crippen LogP contribution in [-0.4, -0.2) is 52.0 Å². The Morgan fingerprint density at radius 1 is 1.44 bits per heavy atom. The molecule has 0 unspecified atom stereocenters. The lowest BCUT2D eigenvalue weighted by molar-refractivity contribution is -0.127. The van der Waals surface area contributed by atoms with E-state index in [1.165, 1.54) is 24.6 Å². The normalized spacial score (nSPS) is 14.7. The van der Waals surface area contributed by atoms with Crippen molar-refractivity contribution in [2.75, 3.05) is 31.9 Å². The zero-order valence-corrected chi connectivity index (χ0v) is 12.9. The van der Waals surface area contributed by atoms with Gasteiger partial charge in [0.1, 0.15) is 4.32 Å². The molecule has 18 heavy (non-hydrogen) atoms. The molecule has 0 spiro atoms. The average molecular weight is 286 g/mol. The second-order valence-electron chi connectivity index (χ2n) is 4.61. The summed E-state index contributed by atoms with van der Waals surface area (Å²) in [6, 6.07) is 0. The van der Waals surface area contributed by atoms with Crippen LogP contribution in [-0.2, 0) is 4.79 Å². The maximum absolute atomic E-state index is 12.0. The lowest BCUT2D eigenvalue weighted by Crippen LogP contribution is -2.34. The first-order valence-electron chi connectivity index (χ1n) is 6.38. The lowest BCUT2D eigenvalue weighted by atomic mass is 10.3. The maximum Gasteiger partial charge on any atom is 0.233 e. The van der Waals surface area contributed by atoms with Crippen molar-refractivity contribution in [2.45, 2.75) is 26.7 Å². The molecule has 0 aromatic heterocycles. The minimum Gasteiger partial charge on any atom is -0.358 e. The van der Waals surface area contributed by atoms with Crippen LogP contribution in [0.2, 0.25) is 0 Å². The van der Waals surface area contributed by atoms with Gasteiger partial charge < -0.3 is 9.80 Å². The highest BCUT2D eigenvalue weighted by Gasteiger charge is 2.18. The van der Waals surface area contributed by atoms with E-state index < -0.39 is 0 Å². The van der Waals surface area contributed by atoms with Crippen LogP contribution in [0.15, 0.2) is 12.2 Å². The molecular weight excluding hydrogens is 264 g/mol. The van der Waals surface area contributed by atoms with Crippen molar-refractivity contribution >= 4 is 34.2 Å². The van der Waals surface area contributed by atoms with Gasteiger partial charge in [0.2, 0.25) is 5.91 Å². The minimum atomic E-state index is 0.145. The van der Waals surface area contributed by atoms with Gasteiger partial charge in [-0.3, -0.25) is 4.79 Å². The van der Waals surface area contributed by atoms with Crippen LogP contribution in [0.3, 0.4) is 0 Å². The van der Waals surface area contributed by atoms with Crippen LogP contribution < -0.4 is 0 Å². The third-order valence-corrected chi connectivity index (χ3v) is 4.39. The standard InChI is InChI=1S/C13H22N2OS2/c1-4-14(9-11(2)3)12(16)10-18-13(17)15-7-5-6-8-15/h2,4-10H2,1,3H3. The average Bonchev–Trinajstić information content (AvgIpc) is 2.86. The van der Waals surface area contributed by atoms with Crippen molar-refractivity contribution in [1.29, 1.82) is 0 Å². The number of thioether (sulfide) groups is 1. The molecule has 102 valence electrons. The Labute approximate surface area is 120 Å². The quantitative estimate of drug-likeness (QED) is 0.572. The summed E-state index contributed by atoms with van der Waals surface area (Å²) in [4.78, 5) is 16.0. The molecule has 0 radical (unpaired) electrons. The molecule has 0 N–H and O–H groups in total. The third-order valence-electron chi connectivity index (χ3n) is 2.88. The predicted molar refractivity (Wildman–Crippen MR) is 82.9 cm³/mol. The number of carbonyl (C=O) groups excluding carboxylic acids is 1. The van der Waals surface area contributed by atoms with E-state index in [0.29, 0.717) is 12.3 Å². The van der Waals surface area contributed by atoms with E-state index in [2.05, 4.69) is 11.5 Å². The van der Waals surface area contributed by atoms with Crippen LogP contribution in [0.1, 0.15) is 26.7 Å². The van der Waals surface area contributed by atoms with Gasteiger partial charge >= 0.3 is 0 Å². The van der Waals surface area contributed by atoms with E-state index in [1.54, 1.807) is 0 Å². The van der Waals surface area contributed by atoms with Crippen molar-refractivity contribution < 1.29 is 4.79 Å². The number of likely N-dealkylation sites (tertiary alicyclic amines) is 1. The van der Waals surface area contributed by atoms with E-state index in [0.717, 1.165) is 29.5 Å². The summed E-state index contributed by atoms with van der Waals surface area (Å²) >= 11 is 6.83. The highest BCUT2D eigenvalue weighted by Crippen LogP contribution is 2.16. The number of thiocarbonyl (C=S) groups is 1. The van der Waals surface area contributed by atoms with Gasteiger partial charge in [-0.05, 0) is 26.7 Å². The summed E-state index contributed by atoms with van der Waals surface area (Å²) in [6.07, 6.45) is 2.43. The number of rotatable bonds is 5. The van der Waals surface area contributed by atoms with Gasteiger partial charge in [0.15, 0.2) is 0 Å². The fraction of sp³-hybridized carbons (Fsp3) is 0.692. The summed E-state index contributed by atoms with van der Waals surface area (Å²) < 4.78 is 0.868. The molecule has 1 amide bonds. The number of carbonyl (C=O) groups is 1. The lowest BCUT2D eigenvalue weighted by Gasteiger charge is -2.22. The molecule has 0 bridgehead atoms. The molecule has 0 aromatic carbocycles. The first kappa shape index (κ1) is 15.5. The molecule has 3 nitrogen and oxygen atoms in total. The number of hydrogen-bond donors (Lipinski definition) is 0. The summed E-state index contributed by atoms with van der Waals surface area (Å²) in [5.74, 6) is 0.586.